The Bertz CT molecular complexity index is 1190. The van der Waals surface area contributed by atoms with Crippen LogP contribution in [-0.2, 0) is 16.6 Å². The lowest BCUT2D eigenvalue weighted by atomic mass is 9.80. The van der Waals surface area contributed by atoms with Crippen LogP contribution in [0.1, 0.15) is 36.1 Å². The molecular weight excluding hydrogens is 481 g/mol. The number of thiazole rings is 1. The largest absolute Gasteiger partial charge is 0.416 e. The van der Waals surface area contributed by atoms with E-state index in [0.29, 0.717) is 24.3 Å². The Kier molecular flexibility index (Phi) is 6.36. The lowest BCUT2D eigenvalue weighted by Gasteiger charge is -2.48. The molecule has 3 N–H and O–H groups in total. The van der Waals surface area contributed by atoms with Crippen LogP contribution in [0, 0.1) is 0 Å². The number of fused-ring (bicyclic) bond motifs is 1. The van der Waals surface area contributed by atoms with E-state index in [1.807, 2.05) is 0 Å². The molecule has 1 saturated heterocycles. The standard InChI is InChI=1S/C23H25F3N6O2S/c24-23(25,26)15-2-1-14-8-29-31-21(18(14)7-15)28-10-20(33)30-16-11-32(12-16)17-3-5-22(34,6-4-17)19-9-27-13-35-19/h1-2,7-9,13,16-17,34H,3-6,10-12H2,(H,28,31)(H,30,33)/t17-,22-. The number of amides is 1. The summed E-state index contributed by atoms with van der Waals surface area (Å²) in [4.78, 5) is 19.7. The summed E-state index contributed by atoms with van der Waals surface area (Å²) in [5, 5.41) is 25.1. The van der Waals surface area contributed by atoms with Crippen LogP contribution in [0.15, 0.2) is 36.1 Å². The minimum atomic E-state index is -4.47. The molecule has 1 aromatic carbocycles. The van der Waals surface area contributed by atoms with E-state index >= 15 is 0 Å². The van der Waals surface area contributed by atoms with Crippen LogP contribution >= 0.6 is 11.3 Å². The number of nitrogens with one attached hydrogen (secondary N) is 2. The molecule has 35 heavy (non-hydrogen) atoms. The fourth-order valence-electron chi connectivity index (χ4n) is 4.87. The molecule has 1 aliphatic heterocycles. The normalized spacial score (nSPS) is 23.7. The van der Waals surface area contributed by atoms with Crippen LogP contribution in [0.5, 0.6) is 0 Å². The van der Waals surface area contributed by atoms with Crippen LogP contribution in [-0.4, -0.2) is 62.8 Å². The van der Waals surface area contributed by atoms with Crippen molar-refractivity contribution in [3.63, 3.8) is 0 Å². The second kappa shape index (κ2) is 9.32. The molecule has 2 fully saturated rings. The van der Waals surface area contributed by atoms with Gasteiger partial charge in [0.1, 0.15) is 5.60 Å². The molecule has 2 aliphatic rings. The molecule has 8 nitrogen and oxygen atoms in total. The zero-order valence-corrected chi connectivity index (χ0v) is 19.6. The molecule has 0 spiro atoms. The van der Waals surface area contributed by atoms with Gasteiger partial charge in [0.15, 0.2) is 5.82 Å². The van der Waals surface area contributed by atoms with Gasteiger partial charge in [0, 0.05) is 36.1 Å². The molecule has 5 rings (SSSR count). The Balaban J connectivity index is 1.10. The summed E-state index contributed by atoms with van der Waals surface area (Å²) in [6.45, 7) is 1.35. The SMILES string of the molecule is O=C(CNc1nncc2ccc(C(F)(F)F)cc12)NC1CN([C@H]2CC[C@@](O)(c3cncs3)CC2)C1. The van der Waals surface area contributed by atoms with E-state index < -0.39 is 17.3 Å². The van der Waals surface area contributed by atoms with Crippen molar-refractivity contribution >= 4 is 33.8 Å². The highest BCUT2D eigenvalue weighted by molar-refractivity contribution is 7.09. The van der Waals surface area contributed by atoms with Gasteiger partial charge in [-0.1, -0.05) is 6.07 Å². The predicted octanol–water partition coefficient (Wildman–Crippen LogP) is 3.15. The maximum atomic E-state index is 13.1. The minimum Gasteiger partial charge on any atom is -0.384 e. The lowest BCUT2D eigenvalue weighted by Crippen LogP contribution is -2.63. The summed E-state index contributed by atoms with van der Waals surface area (Å²) in [5.41, 5.74) is 0.171. The minimum absolute atomic E-state index is 0.0158. The average molecular weight is 507 g/mol. The monoisotopic (exact) mass is 506 g/mol. The van der Waals surface area contributed by atoms with Gasteiger partial charge in [0.2, 0.25) is 5.91 Å². The van der Waals surface area contributed by atoms with Gasteiger partial charge >= 0.3 is 6.18 Å². The molecule has 1 saturated carbocycles. The molecule has 0 atom stereocenters. The number of rotatable bonds is 6. The van der Waals surface area contributed by atoms with Crippen LogP contribution in [0.2, 0.25) is 0 Å². The third-order valence-electron chi connectivity index (χ3n) is 6.87. The van der Waals surface area contributed by atoms with Gasteiger partial charge < -0.3 is 15.7 Å². The number of benzene rings is 1. The zero-order chi connectivity index (χ0) is 24.6. The van der Waals surface area contributed by atoms with E-state index in [0.717, 1.165) is 42.9 Å². The Morgan fingerprint density at radius 1 is 1.23 bits per heavy atom. The number of carbonyl (C=O) groups is 1. The lowest BCUT2D eigenvalue weighted by molar-refractivity contribution is -0.137. The maximum Gasteiger partial charge on any atom is 0.416 e. The van der Waals surface area contributed by atoms with Gasteiger partial charge in [0.05, 0.1) is 34.7 Å². The zero-order valence-electron chi connectivity index (χ0n) is 18.8. The fourth-order valence-corrected chi connectivity index (χ4v) is 5.65. The molecular formula is C23H25F3N6O2S. The average Bonchev–Trinajstić information content (AvgIpc) is 3.36. The predicted molar refractivity (Wildman–Crippen MR) is 125 cm³/mol. The summed E-state index contributed by atoms with van der Waals surface area (Å²) in [6.07, 6.45) is 1.81. The molecule has 186 valence electrons. The highest BCUT2D eigenvalue weighted by Gasteiger charge is 2.41. The number of alkyl halides is 3. The molecule has 12 heteroatoms. The van der Waals surface area contributed by atoms with E-state index in [2.05, 4.69) is 30.7 Å². The van der Waals surface area contributed by atoms with Gasteiger partial charge in [-0.25, -0.2) is 0 Å². The molecule has 1 aliphatic carbocycles. The van der Waals surface area contributed by atoms with Gasteiger partial charge in [0.25, 0.3) is 0 Å². The molecule has 3 aromatic rings. The third-order valence-corrected chi connectivity index (χ3v) is 7.84. The van der Waals surface area contributed by atoms with Gasteiger partial charge in [-0.05, 0) is 37.8 Å². The molecule has 0 unspecified atom stereocenters. The molecule has 1 amide bonds. The fraction of sp³-hybridized carbons (Fsp3) is 0.478. The number of hydrogen-bond donors (Lipinski definition) is 3. The van der Waals surface area contributed by atoms with Crippen LogP contribution in [0.4, 0.5) is 19.0 Å². The van der Waals surface area contributed by atoms with Crippen LogP contribution < -0.4 is 10.6 Å². The first-order valence-electron chi connectivity index (χ1n) is 11.4. The van der Waals surface area contributed by atoms with E-state index in [-0.39, 0.29) is 29.7 Å². The number of aliphatic hydroxyl groups is 1. The summed E-state index contributed by atoms with van der Waals surface area (Å²) in [7, 11) is 0. The number of hydrogen-bond acceptors (Lipinski definition) is 8. The number of likely N-dealkylation sites (tertiary alicyclic amines) is 1. The number of nitrogens with zero attached hydrogens (tertiary/aromatic N) is 4. The first-order chi connectivity index (χ1) is 16.7. The second-order valence-corrected chi connectivity index (χ2v) is 10.1. The van der Waals surface area contributed by atoms with Crippen molar-refractivity contribution in [2.24, 2.45) is 0 Å². The van der Waals surface area contributed by atoms with Crippen molar-refractivity contribution in [1.29, 1.82) is 0 Å². The first-order valence-corrected chi connectivity index (χ1v) is 12.3. The first kappa shape index (κ1) is 23.9. The van der Waals surface area contributed by atoms with E-state index in [4.69, 9.17) is 0 Å². The van der Waals surface area contributed by atoms with Gasteiger partial charge in [-0.15, -0.1) is 16.4 Å². The smallest absolute Gasteiger partial charge is 0.384 e. The second-order valence-electron chi connectivity index (χ2n) is 9.19. The summed E-state index contributed by atoms with van der Waals surface area (Å²) < 4.78 is 39.2. The Morgan fingerprint density at radius 2 is 2.00 bits per heavy atom. The highest BCUT2D eigenvalue weighted by atomic mass is 32.1. The molecule has 0 radical (unpaired) electrons. The highest BCUT2D eigenvalue weighted by Crippen LogP contribution is 2.40. The van der Waals surface area contributed by atoms with E-state index in [1.54, 1.807) is 11.7 Å². The van der Waals surface area contributed by atoms with E-state index in [9.17, 15) is 23.1 Å². The summed E-state index contributed by atoms with van der Waals surface area (Å²) in [6, 6.07) is 3.73. The Morgan fingerprint density at radius 3 is 2.69 bits per heavy atom. The van der Waals surface area contributed by atoms with Gasteiger partial charge in [-0.3, -0.25) is 14.7 Å². The number of anilines is 1. The van der Waals surface area contributed by atoms with Crippen molar-refractivity contribution in [2.45, 2.75) is 49.5 Å². The molecule has 3 heterocycles. The van der Waals surface area contributed by atoms with Crippen molar-refractivity contribution in [1.82, 2.24) is 25.4 Å². The number of aromatic nitrogens is 3. The number of carbonyl (C=O) groups excluding carboxylic acids is 1. The number of halogens is 3. The summed E-state index contributed by atoms with van der Waals surface area (Å²) >= 11 is 1.48. The van der Waals surface area contributed by atoms with Crippen molar-refractivity contribution < 1.29 is 23.1 Å². The Hall–Kier alpha value is -2.83. The Labute approximate surface area is 203 Å². The quantitative estimate of drug-likeness (QED) is 0.472. The molecule has 0 bridgehead atoms. The van der Waals surface area contributed by atoms with Crippen LogP contribution in [0.25, 0.3) is 10.8 Å². The van der Waals surface area contributed by atoms with Crippen molar-refractivity contribution in [3.8, 4) is 0 Å². The van der Waals surface area contributed by atoms with Crippen LogP contribution in [0.3, 0.4) is 0 Å². The van der Waals surface area contributed by atoms with Crippen molar-refractivity contribution in [3.05, 3.63) is 46.5 Å². The van der Waals surface area contributed by atoms with Gasteiger partial charge in [-0.2, -0.15) is 18.3 Å². The third kappa shape index (κ3) is 5.09. The van der Waals surface area contributed by atoms with E-state index in [1.165, 1.54) is 23.6 Å². The summed E-state index contributed by atoms with van der Waals surface area (Å²) in [5.74, 6) is -0.127. The van der Waals surface area contributed by atoms with Crippen molar-refractivity contribution in [2.75, 3.05) is 25.0 Å². The topological polar surface area (TPSA) is 103 Å². The molecule has 2 aromatic heterocycles. The maximum absolute atomic E-state index is 13.1.